The van der Waals surface area contributed by atoms with Crippen LogP contribution in [0.4, 0.5) is 21.7 Å². The smallest absolute Gasteiger partial charge is 0.252 e. The van der Waals surface area contributed by atoms with E-state index in [9.17, 15) is 9.18 Å². The van der Waals surface area contributed by atoms with E-state index in [2.05, 4.69) is 22.2 Å². The van der Waals surface area contributed by atoms with Crippen molar-refractivity contribution >= 4 is 23.2 Å². The van der Waals surface area contributed by atoms with Gasteiger partial charge in [-0.15, -0.1) is 0 Å². The summed E-state index contributed by atoms with van der Waals surface area (Å²) in [5, 5.41) is 3.14. The Bertz CT molecular complexity index is 881. The summed E-state index contributed by atoms with van der Waals surface area (Å²) < 4.78 is 14.9. The Kier molecular flexibility index (Phi) is 6.35. The number of rotatable bonds is 6. The van der Waals surface area contributed by atoms with Gasteiger partial charge < -0.3 is 16.0 Å². The normalized spacial score (nSPS) is 19.1. The number of hydrogen-bond acceptors (Lipinski definition) is 5. The van der Waals surface area contributed by atoms with Gasteiger partial charge in [0, 0.05) is 30.2 Å². The molecule has 1 aliphatic carbocycles. The second-order valence-corrected chi connectivity index (χ2v) is 7.95. The Hall–Kier alpha value is -2.70. The van der Waals surface area contributed by atoms with E-state index in [-0.39, 0.29) is 23.2 Å². The summed E-state index contributed by atoms with van der Waals surface area (Å²) in [6.07, 6.45) is 5.56. The SMILES string of the molecule is CCC1CCCCC1N(C)c1nc(Nc2cc(C)nc(C)c2)c(C(N)=O)cc1F. The first kappa shape index (κ1) is 21.0. The minimum absolute atomic E-state index is 0.0301. The Morgan fingerprint density at radius 2 is 1.86 bits per heavy atom. The predicted octanol–water partition coefficient (Wildman–Crippen LogP) is 4.48. The van der Waals surface area contributed by atoms with E-state index in [1.165, 1.54) is 12.5 Å². The van der Waals surface area contributed by atoms with Crippen LogP contribution >= 0.6 is 0 Å². The summed E-state index contributed by atoms with van der Waals surface area (Å²) in [6.45, 7) is 5.95. The van der Waals surface area contributed by atoms with Gasteiger partial charge in [-0.05, 0) is 50.8 Å². The first-order valence-corrected chi connectivity index (χ1v) is 10.3. The average Bonchev–Trinajstić information content (AvgIpc) is 2.67. The van der Waals surface area contributed by atoms with Crippen LogP contribution in [0.1, 0.15) is 60.8 Å². The number of aryl methyl sites for hydroxylation is 2. The number of anilines is 3. The predicted molar refractivity (Wildman–Crippen MR) is 114 cm³/mol. The van der Waals surface area contributed by atoms with E-state index in [1.807, 2.05) is 37.9 Å². The lowest BCUT2D eigenvalue weighted by atomic mass is 9.82. The van der Waals surface area contributed by atoms with Crippen LogP contribution in [0.5, 0.6) is 0 Å². The molecule has 0 spiro atoms. The monoisotopic (exact) mass is 399 g/mol. The average molecular weight is 400 g/mol. The third-order valence-corrected chi connectivity index (χ3v) is 5.79. The largest absolute Gasteiger partial charge is 0.365 e. The number of primary amides is 1. The van der Waals surface area contributed by atoms with Gasteiger partial charge in [-0.1, -0.05) is 26.2 Å². The van der Waals surface area contributed by atoms with Gasteiger partial charge >= 0.3 is 0 Å². The Morgan fingerprint density at radius 3 is 2.48 bits per heavy atom. The zero-order chi connectivity index (χ0) is 21.1. The molecule has 3 N–H and O–H groups in total. The van der Waals surface area contributed by atoms with Crippen LogP contribution in [-0.4, -0.2) is 29.0 Å². The van der Waals surface area contributed by atoms with Gasteiger partial charge in [-0.2, -0.15) is 0 Å². The molecular formula is C22H30FN5O. The summed E-state index contributed by atoms with van der Waals surface area (Å²) >= 11 is 0. The Balaban J connectivity index is 2.00. The molecule has 0 saturated heterocycles. The number of nitrogens with two attached hydrogens (primary N) is 1. The highest BCUT2D eigenvalue weighted by molar-refractivity contribution is 5.98. The van der Waals surface area contributed by atoms with Crippen molar-refractivity contribution in [3.8, 4) is 0 Å². The van der Waals surface area contributed by atoms with Crippen molar-refractivity contribution in [1.29, 1.82) is 0 Å². The molecule has 2 heterocycles. The van der Waals surface area contributed by atoms with E-state index in [0.717, 1.165) is 42.8 Å². The first-order valence-electron chi connectivity index (χ1n) is 10.3. The fourth-order valence-electron chi connectivity index (χ4n) is 4.38. The molecule has 1 amide bonds. The zero-order valence-corrected chi connectivity index (χ0v) is 17.6. The third kappa shape index (κ3) is 4.66. The summed E-state index contributed by atoms with van der Waals surface area (Å²) in [4.78, 5) is 22.7. The zero-order valence-electron chi connectivity index (χ0n) is 17.6. The number of carbonyl (C=O) groups is 1. The van der Waals surface area contributed by atoms with Crippen molar-refractivity contribution in [2.45, 2.75) is 58.9 Å². The third-order valence-electron chi connectivity index (χ3n) is 5.79. The van der Waals surface area contributed by atoms with Gasteiger partial charge in [0.15, 0.2) is 11.6 Å². The van der Waals surface area contributed by atoms with E-state index in [1.54, 1.807) is 0 Å². The van der Waals surface area contributed by atoms with Crippen molar-refractivity contribution in [1.82, 2.24) is 9.97 Å². The van der Waals surface area contributed by atoms with E-state index in [4.69, 9.17) is 5.73 Å². The fourth-order valence-corrected chi connectivity index (χ4v) is 4.38. The van der Waals surface area contributed by atoms with Gasteiger partial charge in [0.25, 0.3) is 5.91 Å². The van der Waals surface area contributed by atoms with Crippen LogP contribution in [0.3, 0.4) is 0 Å². The van der Waals surface area contributed by atoms with Gasteiger partial charge in [0.2, 0.25) is 0 Å². The molecule has 0 aliphatic heterocycles. The minimum Gasteiger partial charge on any atom is -0.365 e. The number of pyridine rings is 2. The van der Waals surface area contributed by atoms with Crippen molar-refractivity contribution in [3.63, 3.8) is 0 Å². The summed E-state index contributed by atoms with van der Waals surface area (Å²) in [5.41, 5.74) is 7.93. The molecule has 0 aromatic carbocycles. The highest BCUT2D eigenvalue weighted by Gasteiger charge is 2.30. The van der Waals surface area contributed by atoms with Crippen LogP contribution in [0.25, 0.3) is 0 Å². The molecule has 7 heteroatoms. The van der Waals surface area contributed by atoms with E-state index in [0.29, 0.717) is 5.92 Å². The summed E-state index contributed by atoms with van der Waals surface area (Å²) in [6, 6.07) is 5.11. The number of aromatic nitrogens is 2. The number of halogens is 1. The standard InChI is InChI=1S/C22H30FN5O/c1-5-15-8-6-7-9-19(15)28(4)22-18(23)12-17(20(24)29)21(27-22)26-16-10-13(2)25-14(3)11-16/h10-12,15,19H,5-9H2,1-4H3,(H2,24,29)(H,25,26,27). The molecule has 2 unspecified atom stereocenters. The number of nitrogens with zero attached hydrogens (tertiary/aromatic N) is 3. The number of hydrogen-bond donors (Lipinski definition) is 2. The van der Waals surface area contributed by atoms with E-state index >= 15 is 0 Å². The minimum atomic E-state index is -0.722. The molecule has 29 heavy (non-hydrogen) atoms. The quantitative estimate of drug-likeness (QED) is 0.748. The van der Waals surface area contributed by atoms with E-state index < -0.39 is 11.7 Å². The fraction of sp³-hybridized carbons (Fsp3) is 0.500. The molecule has 1 fully saturated rings. The summed E-state index contributed by atoms with van der Waals surface area (Å²) in [7, 11) is 1.89. The molecule has 3 rings (SSSR count). The maximum Gasteiger partial charge on any atom is 0.252 e. The highest BCUT2D eigenvalue weighted by Crippen LogP contribution is 2.34. The van der Waals surface area contributed by atoms with Crippen LogP contribution in [0.15, 0.2) is 18.2 Å². The molecule has 2 aromatic heterocycles. The maximum atomic E-state index is 14.9. The molecule has 2 aromatic rings. The molecule has 6 nitrogen and oxygen atoms in total. The van der Waals surface area contributed by atoms with Gasteiger partial charge in [0.1, 0.15) is 5.82 Å². The Labute approximate surface area is 171 Å². The lowest BCUT2D eigenvalue weighted by molar-refractivity contribution is 0.100. The second kappa shape index (κ2) is 8.76. The van der Waals surface area contributed by atoms with Crippen LogP contribution in [0.2, 0.25) is 0 Å². The molecule has 0 radical (unpaired) electrons. The number of carbonyl (C=O) groups excluding carboxylic acids is 1. The van der Waals surface area contributed by atoms with Crippen molar-refractivity contribution in [2.24, 2.45) is 11.7 Å². The first-order chi connectivity index (χ1) is 13.8. The second-order valence-electron chi connectivity index (χ2n) is 7.95. The summed E-state index contributed by atoms with van der Waals surface area (Å²) in [5.74, 6) is -0.248. The molecule has 2 atom stereocenters. The van der Waals surface area contributed by atoms with Crippen molar-refractivity contribution in [3.05, 3.63) is 41.0 Å². The molecule has 1 aliphatic rings. The van der Waals surface area contributed by atoms with Crippen LogP contribution in [0, 0.1) is 25.6 Å². The molecular weight excluding hydrogens is 369 g/mol. The van der Waals surface area contributed by atoms with Gasteiger partial charge in [0.05, 0.1) is 5.56 Å². The topological polar surface area (TPSA) is 84.1 Å². The lowest BCUT2D eigenvalue weighted by Gasteiger charge is -2.38. The Morgan fingerprint density at radius 1 is 1.21 bits per heavy atom. The van der Waals surface area contributed by atoms with Crippen molar-refractivity contribution in [2.75, 3.05) is 17.3 Å². The number of amides is 1. The molecule has 0 bridgehead atoms. The van der Waals surface area contributed by atoms with Crippen molar-refractivity contribution < 1.29 is 9.18 Å². The molecule has 156 valence electrons. The highest BCUT2D eigenvalue weighted by atomic mass is 19.1. The number of nitrogens with one attached hydrogen (secondary N) is 1. The van der Waals surface area contributed by atoms with Gasteiger partial charge in [-0.25, -0.2) is 9.37 Å². The van der Waals surface area contributed by atoms with Crippen LogP contribution in [-0.2, 0) is 0 Å². The molecule has 1 saturated carbocycles. The van der Waals surface area contributed by atoms with Gasteiger partial charge in [-0.3, -0.25) is 9.78 Å². The maximum absolute atomic E-state index is 14.9. The van der Waals surface area contributed by atoms with Crippen LogP contribution < -0.4 is 16.0 Å². The lowest BCUT2D eigenvalue weighted by Crippen LogP contribution is -2.41.